The third-order valence-electron chi connectivity index (χ3n) is 5.46. The fourth-order valence-electron chi connectivity index (χ4n) is 3.49. The molecule has 13 heteroatoms. The van der Waals surface area contributed by atoms with Crippen molar-refractivity contribution >= 4 is 35.8 Å². The topological polar surface area (TPSA) is 197 Å². The molecule has 0 radical (unpaired) electrons. The number of hydrogen-bond donors (Lipinski definition) is 5. The maximum atomic E-state index is 12.1. The van der Waals surface area contributed by atoms with Gasteiger partial charge in [-0.05, 0) is 26.2 Å². The maximum absolute atomic E-state index is 12.1. The van der Waals surface area contributed by atoms with Crippen molar-refractivity contribution in [3.8, 4) is 0 Å². The molecule has 3 saturated heterocycles. The number of aliphatic carboxylic acids is 2. The van der Waals surface area contributed by atoms with Crippen LogP contribution in [0, 0.1) is 5.92 Å². The molecule has 0 saturated carbocycles. The van der Waals surface area contributed by atoms with Gasteiger partial charge in [-0.25, -0.2) is 14.4 Å². The second-order valence-corrected chi connectivity index (χ2v) is 7.52. The molecule has 164 valence electrons. The first-order valence-electron chi connectivity index (χ1n) is 9.31. The molecule has 0 spiro atoms. The number of esters is 4. The Morgan fingerprint density at radius 2 is 1.00 bits per heavy atom. The van der Waals surface area contributed by atoms with Gasteiger partial charge in [0.05, 0.1) is 5.92 Å². The molecule has 0 aromatic carbocycles. The highest BCUT2D eigenvalue weighted by Crippen LogP contribution is 2.23. The van der Waals surface area contributed by atoms with Gasteiger partial charge in [-0.15, -0.1) is 0 Å². The highest BCUT2D eigenvalue weighted by molar-refractivity contribution is 5.96. The zero-order chi connectivity index (χ0) is 22.2. The molecule has 0 amide bonds. The minimum absolute atomic E-state index is 0.00426. The van der Waals surface area contributed by atoms with Gasteiger partial charge in [-0.2, -0.15) is 0 Å². The van der Waals surface area contributed by atoms with Crippen molar-refractivity contribution < 1.29 is 48.5 Å². The molecule has 3 rings (SSSR count). The van der Waals surface area contributed by atoms with Crippen LogP contribution >= 0.6 is 0 Å². The summed E-state index contributed by atoms with van der Waals surface area (Å²) in [5, 5.41) is 25.4. The number of carbonyl (C=O) groups is 6. The van der Waals surface area contributed by atoms with E-state index in [1.807, 2.05) is 0 Å². The van der Waals surface area contributed by atoms with Crippen LogP contribution in [0.2, 0.25) is 0 Å². The summed E-state index contributed by atoms with van der Waals surface area (Å²) in [6.07, 6.45) is -0.0478. The number of hydrogen-bond acceptors (Lipinski definition) is 11. The van der Waals surface area contributed by atoms with Crippen molar-refractivity contribution in [2.75, 3.05) is 0 Å². The standard InChI is InChI=1S/C17H21N3O10/c1-5-6(2-7(18-5)12(21)22)14(25)29-15(26)10-4-11(20-10)17(28)30-16(27)9-3-8(19-9)13(23)24/h5-11,18-20H,2-4H2,1H3,(H,21,22)(H,23,24). The molecule has 7 atom stereocenters. The van der Waals surface area contributed by atoms with Crippen molar-refractivity contribution in [2.45, 2.75) is 62.4 Å². The Kier molecular flexibility index (Phi) is 6.14. The zero-order valence-corrected chi connectivity index (χ0v) is 15.8. The Bertz CT molecular complexity index is 787. The Balaban J connectivity index is 1.38. The average Bonchev–Trinajstić information content (AvgIpc) is 2.93. The summed E-state index contributed by atoms with van der Waals surface area (Å²) in [6, 6.07) is -5.01. The van der Waals surface area contributed by atoms with Crippen molar-refractivity contribution in [1.29, 1.82) is 0 Å². The maximum Gasteiger partial charge on any atom is 0.330 e. The second-order valence-electron chi connectivity index (χ2n) is 7.52. The third-order valence-corrected chi connectivity index (χ3v) is 5.46. The van der Waals surface area contributed by atoms with E-state index in [0.717, 1.165) is 0 Å². The molecular formula is C17H21N3O10. The Morgan fingerprint density at radius 1 is 0.633 bits per heavy atom. The predicted molar refractivity (Wildman–Crippen MR) is 92.6 cm³/mol. The van der Waals surface area contributed by atoms with E-state index in [9.17, 15) is 28.8 Å². The van der Waals surface area contributed by atoms with Gasteiger partial charge in [-0.1, -0.05) is 0 Å². The van der Waals surface area contributed by atoms with Gasteiger partial charge in [0.15, 0.2) is 0 Å². The summed E-state index contributed by atoms with van der Waals surface area (Å²) in [5.74, 6) is -6.59. The predicted octanol–water partition coefficient (Wildman–Crippen LogP) is -2.88. The van der Waals surface area contributed by atoms with Crippen molar-refractivity contribution in [2.24, 2.45) is 5.92 Å². The first-order valence-corrected chi connectivity index (χ1v) is 9.31. The van der Waals surface area contributed by atoms with E-state index in [-0.39, 0.29) is 19.3 Å². The van der Waals surface area contributed by atoms with Crippen LogP contribution in [0.15, 0.2) is 0 Å². The highest BCUT2D eigenvalue weighted by atomic mass is 16.6. The Morgan fingerprint density at radius 3 is 1.40 bits per heavy atom. The molecule has 3 aliphatic rings. The normalized spacial score (nSPS) is 34.8. The summed E-state index contributed by atoms with van der Waals surface area (Å²) in [6.45, 7) is 1.61. The van der Waals surface area contributed by atoms with E-state index in [0.29, 0.717) is 0 Å². The van der Waals surface area contributed by atoms with Crippen LogP contribution in [0.3, 0.4) is 0 Å². The van der Waals surface area contributed by atoms with Gasteiger partial charge in [0.1, 0.15) is 30.2 Å². The van der Waals surface area contributed by atoms with Crippen molar-refractivity contribution in [3.05, 3.63) is 0 Å². The van der Waals surface area contributed by atoms with Crippen molar-refractivity contribution in [3.63, 3.8) is 0 Å². The quantitative estimate of drug-likeness (QED) is 0.214. The fraction of sp³-hybridized carbons (Fsp3) is 0.647. The lowest BCUT2D eigenvalue weighted by atomic mass is 9.96. The minimum Gasteiger partial charge on any atom is -0.480 e. The lowest BCUT2D eigenvalue weighted by Crippen LogP contribution is -2.63. The minimum atomic E-state index is -1.11. The summed E-state index contributed by atoms with van der Waals surface area (Å²) in [7, 11) is 0. The molecule has 7 unspecified atom stereocenters. The third kappa shape index (κ3) is 4.47. The van der Waals surface area contributed by atoms with Gasteiger partial charge in [0.2, 0.25) is 0 Å². The van der Waals surface area contributed by atoms with Crippen LogP contribution in [0.4, 0.5) is 0 Å². The summed E-state index contributed by atoms with van der Waals surface area (Å²) in [4.78, 5) is 69.5. The first kappa shape index (κ1) is 21.8. The summed E-state index contributed by atoms with van der Waals surface area (Å²) in [5.41, 5.74) is 0. The fourth-order valence-corrected chi connectivity index (χ4v) is 3.49. The molecular weight excluding hydrogens is 406 g/mol. The number of rotatable bonds is 6. The summed E-state index contributed by atoms with van der Waals surface area (Å²) >= 11 is 0. The van der Waals surface area contributed by atoms with E-state index >= 15 is 0 Å². The molecule has 0 aromatic rings. The highest BCUT2D eigenvalue weighted by Gasteiger charge is 2.46. The molecule has 3 fully saturated rings. The van der Waals surface area contributed by atoms with E-state index in [4.69, 9.17) is 14.9 Å². The van der Waals surface area contributed by atoms with Crippen LogP contribution in [0.5, 0.6) is 0 Å². The average molecular weight is 427 g/mol. The smallest absolute Gasteiger partial charge is 0.330 e. The molecule has 5 N–H and O–H groups in total. The SMILES string of the molecule is CC1NC(C(=O)O)CC1C(=O)OC(=O)C1CC(C(=O)OC(=O)C2CC(C(=O)O)N2)N1. The van der Waals surface area contributed by atoms with Gasteiger partial charge in [-0.3, -0.25) is 25.0 Å². The van der Waals surface area contributed by atoms with Crippen LogP contribution in [-0.4, -0.2) is 82.3 Å². The number of carboxylic acids is 2. The van der Waals surface area contributed by atoms with Crippen molar-refractivity contribution in [1.82, 2.24) is 16.0 Å². The number of nitrogens with one attached hydrogen (secondary N) is 3. The molecule has 30 heavy (non-hydrogen) atoms. The number of carbonyl (C=O) groups excluding carboxylic acids is 4. The lowest BCUT2D eigenvalue weighted by molar-refractivity contribution is -0.169. The Hall–Kier alpha value is -2.90. The largest absolute Gasteiger partial charge is 0.480 e. The van der Waals surface area contributed by atoms with Crippen LogP contribution < -0.4 is 16.0 Å². The lowest BCUT2D eigenvalue weighted by Gasteiger charge is -2.35. The van der Waals surface area contributed by atoms with Crippen LogP contribution in [0.25, 0.3) is 0 Å². The molecule has 3 heterocycles. The Labute approximate surface area is 169 Å². The molecule has 0 aromatic heterocycles. The zero-order valence-electron chi connectivity index (χ0n) is 15.8. The van der Waals surface area contributed by atoms with E-state index in [2.05, 4.69) is 20.7 Å². The van der Waals surface area contributed by atoms with E-state index in [1.54, 1.807) is 6.92 Å². The second kappa shape index (κ2) is 8.45. The monoisotopic (exact) mass is 427 g/mol. The number of carboxylic acid groups (broad SMARTS) is 2. The molecule has 0 bridgehead atoms. The van der Waals surface area contributed by atoms with Gasteiger partial charge in [0, 0.05) is 6.04 Å². The van der Waals surface area contributed by atoms with E-state index in [1.165, 1.54) is 0 Å². The van der Waals surface area contributed by atoms with Crippen LogP contribution in [0.1, 0.15) is 26.2 Å². The van der Waals surface area contributed by atoms with Gasteiger partial charge >= 0.3 is 35.8 Å². The van der Waals surface area contributed by atoms with E-state index < -0.39 is 78.0 Å². The first-order chi connectivity index (χ1) is 14.1. The summed E-state index contributed by atoms with van der Waals surface area (Å²) < 4.78 is 9.43. The van der Waals surface area contributed by atoms with Gasteiger partial charge in [0.25, 0.3) is 0 Å². The molecule has 3 aliphatic heterocycles. The molecule has 13 nitrogen and oxygen atoms in total. The number of ether oxygens (including phenoxy) is 2. The molecule has 0 aliphatic carbocycles. The van der Waals surface area contributed by atoms with Crippen LogP contribution in [-0.2, 0) is 38.2 Å². The van der Waals surface area contributed by atoms with Gasteiger partial charge < -0.3 is 25.0 Å².